The third-order valence-electron chi connectivity index (χ3n) is 2.31. The molecular weight excluding hydrogens is 235 g/mol. The summed E-state index contributed by atoms with van der Waals surface area (Å²) in [6.45, 7) is 0.551. The van der Waals surface area contributed by atoms with Crippen molar-refractivity contribution in [3.05, 3.63) is 23.8 Å². The quantitative estimate of drug-likeness (QED) is 0.861. The molecule has 0 amide bonds. The minimum absolute atomic E-state index is 0.0423. The molecular formula is C11H14F3NO2. The molecule has 0 saturated heterocycles. The lowest BCUT2D eigenvalue weighted by Crippen LogP contribution is -2.30. The van der Waals surface area contributed by atoms with Crippen molar-refractivity contribution < 1.29 is 23.0 Å². The molecule has 1 rings (SSSR count). The van der Waals surface area contributed by atoms with Gasteiger partial charge in [0, 0.05) is 6.04 Å². The Hall–Kier alpha value is -1.43. The number of hydrogen-bond donors (Lipinski definition) is 2. The van der Waals surface area contributed by atoms with E-state index in [2.05, 4.69) is 5.32 Å². The smallest absolute Gasteiger partial charge is 0.401 e. The van der Waals surface area contributed by atoms with Crippen molar-refractivity contribution in [1.82, 2.24) is 5.32 Å². The van der Waals surface area contributed by atoms with Crippen LogP contribution in [0.4, 0.5) is 13.2 Å². The Kier molecular flexibility index (Phi) is 4.22. The molecule has 0 spiro atoms. The minimum atomic E-state index is -4.24. The molecule has 2 N–H and O–H groups in total. The van der Waals surface area contributed by atoms with Gasteiger partial charge in [-0.15, -0.1) is 0 Å². The number of phenols is 1. The normalized spacial score (nSPS) is 13.5. The first-order valence-electron chi connectivity index (χ1n) is 5.00. The first kappa shape index (κ1) is 13.6. The molecule has 6 heteroatoms. The summed E-state index contributed by atoms with van der Waals surface area (Å²) in [5.41, 5.74) is 0.615. The van der Waals surface area contributed by atoms with E-state index in [4.69, 9.17) is 4.74 Å². The molecule has 0 aliphatic carbocycles. The molecule has 0 aromatic heterocycles. The SMILES string of the molecule is COc1cc(C(C)NCC(F)(F)F)ccc1O. The van der Waals surface area contributed by atoms with E-state index in [1.165, 1.54) is 19.2 Å². The van der Waals surface area contributed by atoms with E-state index in [1.807, 2.05) is 0 Å². The van der Waals surface area contributed by atoms with Gasteiger partial charge < -0.3 is 15.2 Å². The molecule has 0 aliphatic heterocycles. The molecule has 1 unspecified atom stereocenters. The van der Waals surface area contributed by atoms with Crippen LogP contribution in [-0.2, 0) is 0 Å². The monoisotopic (exact) mass is 249 g/mol. The van der Waals surface area contributed by atoms with Crippen LogP contribution in [0.2, 0.25) is 0 Å². The van der Waals surface area contributed by atoms with E-state index in [0.717, 1.165) is 0 Å². The fourth-order valence-corrected chi connectivity index (χ4v) is 1.35. The molecule has 3 nitrogen and oxygen atoms in total. The summed E-state index contributed by atoms with van der Waals surface area (Å²) in [6, 6.07) is 3.96. The van der Waals surface area contributed by atoms with Gasteiger partial charge >= 0.3 is 6.18 Å². The summed E-state index contributed by atoms with van der Waals surface area (Å²) in [5.74, 6) is 0.197. The first-order valence-corrected chi connectivity index (χ1v) is 5.00. The maximum atomic E-state index is 12.0. The summed E-state index contributed by atoms with van der Waals surface area (Å²) in [5, 5.41) is 11.7. The number of aromatic hydroxyl groups is 1. The number of halogens is 3. The van der Waals surface area contributed by atoms with Gasteiger partial charge in [-0.1, -0.05) is 6.07 Å². The molecule has 96 valence electrons. The number of alkyl halides is 3. The summed E-state index contributed by atoms with van der Waals surface area (Å²) in [4.78, 5) is 0. The second-order valence-corrected chi connectivity index (χ2v) is 3.65. The van der Waals surface area contributed by atoms with Crippen LogP contribution in [0.1, 0.15) is 18.5 Å². The predicted molar refractivity (Wildman–Crippen MR) is 57.1 cm³/mol. The molecule has 0 saturated carbocycles. The van der Waals surface area contributed by atoms with Crippen LogP contribution in [0.15, 0.2) is 18.2 Å². The average molecular weight is 249 g/mol. The highest BCUT2D eigenvalue weighted by molar-refractivity contribution is 5.42. The Morgan fingerprint density at radius 2 is 2.06 bits per heavy atom. The number of benzene rings is 1. The standard InChI is InChI=1S/C11H14F3NO2/c1-7(15-6-11(12,13)14)8-3-4-9(16)10(5-8)17-2/h3-5,7,15-16H,6H2,1-2H3. The molecule has 1 aromatic carbocycles. The van der Waals surface area contributed by atoms with Gasteiger partial charge in [0.25, 0.3) is 0 Å². The van der Waals surface area contributed by atoms with Crippen LogP contribution in [0.5, 0.6) is 11.5 Å². The van der Waals surface area contributed by atoms with Crippen molar-refractivity contribution >= 4 is 0 Å². The second kappa shape index (κ2) is 5.27. The molecule has 1 aromatic rings. The fourth-order valence-electron chi connectivity index (χ4n) is 1.35. The molecule has 17 heavy (non-hydrogen) atoms. The largest absolute Gasteiger partial charge is 0.504 e. The summed E-state index contributed by atoms with van der Waals surface area (Å²) in [6.07, 6.45) is -4.24. The number of nitrogens with one attached hydrogen (secondary N) is 1. The van der Waals surface area contributed by atoms with Gasteiger partial charge in [-0.2, -0.15) is 13.2 Å². The van der Waals surface area contributed by atoms with Gasteiger partial charge in [-0.05, 0) is 24.6 Å². The lowest BCUT2D eigenvalue weighted by atomic mass is 10.1. The Morgan fingerprint density at radius 1 is 1.41 bits per heavy atom. The zero-order chi connectivity index (χ0) is 13.1. The van der Waals surface area contributed by atoms with Gasteiger partial charge in [0.15, 0.2) is 11.5 Å². The highest BCUT2D eigenvalue weighted by Crippen LogP contribution is 2.29. The Labute approximate surface area is 97.2 Å². The lowest BCUT2D eigenvalue weighted by molar-refractivity contribution is -0.126. The van der Waals surface area contributed by atoms with Gasteiger partial charge in [-0.25, -0.2) is 0 Å². The van der Waals surface area contributed by atoms with Crippen LogP contribution in [0, 0.1) is 0 Å². The summed E-state index contributed by atoms with van der Waals surface area (Å²) < 4.78 is 40.9. The van der Waals surface area contributed by atoms with E-state index >= 15 is 0 Å². The van der Waals surface area contributed by atoms with E-state index < -0.39 is 18.8 Å². The van der Waals surface area contributed by atoms with Crippen molar-refractivity contribution in [1.29, 1.82) is 0 Å². The van der Waals surface area contributed by atoms with Crippen LogP contribution in [-0.4, -0.2) is 24.9 Å². The van der Waals surface area contributed by atoms with Crippen molar-refractivity contribution in [2.24, 2.45) is 0 Å². The third-order valence-corrected chi connectivity index (χ3v) is 2.31. The topological polar surface area (TPSA) is 41.5 Å². The van der Waals surface area contributed by atoms with Crippen molar-refractivity contribution in [2.75, 3.05) is 13.7 Å². The molecule has 0 heterocycles. The molecule has 0 fully saturated rings. The van der Waals surface area contributed by atoms with E-state index in [1.54, 1.807) is 13.0 Å². The fraction of sp³-hybridized carbons (Fsp3) is 0.455. The van der Waals surface area contributed by atoms with Crippen molar-refractivity contribution in [3.8, 4) is 11.5 Å². The minimum Gasteiger partial charge on any atom is -0.504 e. The Morgan fingerprint density at radius 3 is 2.59 bits per heavy atom. The van der Waals surface area contributed by atoms with Gasteiger partial charge in [0.05, 0.1) is 13.7 Å². The second-order valence-electron chi connectivity index (χ2n) is 3.65. The number of ether oxygens (including phenoxy) is 1. The van der Waals surface area contributed by atoms with Crippen molar-refractivity contribution in [2.45, 2.75) is 19.1 Å². The maximum Gasteiger partial charge on any atom is 0.401 e. The van der Waals surface area contributed by atoms with Crippen LogP contribution in [0.25, 0.3) is 0 Å². The molecule has 0 bridgehead atoms. The highest BCUT2D eigenvalue weighted by atomic mass is 19.4. The zero-order valence-corrected chi connectivity index (χ0v) is 9.51. The van der Waals surface area contributed by atoms with Crippen molar-refractivity contribution in [3.63, 3.8) is 0 Å². The van der Waals surface area contributed by atoms with Gasteiger partial charge in [0.2, 0.25) is 0 Å². The maximum absolute atomic E-state index is 12.0. The zero-order valence-electron chi connectivity index (χ0n) is 9.51. The summed E-state index contributed by atoms with van der Waals surface area (Å²) in [7, 11) is 1.38. The number of rotatable bonds is 4. The molecule has 1 atom stereocenters. The van der Waals surface area contributed by atoms with Gasteiger partial charge in [-0.3, -0.25) is 0 Å². The van der Waals surface area contributed by atoms with E-state index in [-0.39, 0.29) is 11.5 Å². The average Bonchev–Trinajstić information content (AvgIpc) is 2.25. The first-order chi connectivity index (χ1) is 7.83. The van der Waals surface area contributed by atoms with Gasteiger partial charge in [0.1, 0.15) is 0 Å². The molecule has 0 radical (unpaired) electrons. The predicted octanol–water partition coefficient (Wildman–Crippen LogP) is 2.61. The number of phenolic OH excluding ortho intramolecular Hbond substituents is 1. The Bertz CT molecular complexity index is 379. The summed E-state index contributed by atoms with van der Waals surface area (Å²) >= 11 is 0. The van der Waals surface area contributed by atoms with Crippen LogP contribution >= 0.6 is 0 Å². The highest BCUT2D eigenvalue weighted by Gasteiger charge is 2.27. The van der Waals surface area contributed by atoms with E-state index in [0.29, 0.717) is 5.56 Å². The number of methoxy groups -OCH3 is 1. The van der Waals surface area contributed by atoms with Crippen LogP contribution in [0.3, 0.4) is 0 Å². The third kappa shape index (κ3) is 4.14. The lowest BCUT2D eigenvalue weighted by Gasteiger charge is -2.16. The Balaban J connectivity index is 2.72. The molecule has 0 aliphatic rings. The van der Waals surface area contributed by atoms with E-state index in [9.17, 15) is 18.3 Å². The van der Waals surface area contributed by atoms with Crippen LogP contribution < -0.4 is 10.1 Å². The number of hydrogen-bond acceptors (Lipinski definition) is 3.